The SMILES string of the molecule is C#CCNC(=O)C(C)N1C2CCC1CC(N)C2. The third kappa shape index (κ3) is 2.46. The van der Waals surface area contributed by atoms with Crippen LogP contribution in [0.25, 0.3) is 0 Å². The van der Waals surface area contributed by atoms with Gasteiger partial charge < -0.3 is 11.1 Å². The van der Waals surface area contributed by atoms with E-state index in [2.05, 4.69) is 16.1 Å². The number of hydrogen-bond donors (Lipinski definition) is 2. The first-order valence-electron chi connectivity index (χ1n) is 6.37. The number of piperidine rings is 1. The third-order valence-electron chi connectivity index (χ3n) is 4.02. The number of terminal acetylenes is 1. The van der Waals surface area contributed by atoms with Crippen molar-refractivity contribution in [3.63, 3.8) is 0 Å². The molecule has 2 aliphatic heterocycles. The molecule has 2 saturated heterocycles. The first-order valence-corrected chi connectivity index (χ1v) is 6.37. The Kier molecular flexibility index (Phi) is 3.70. The Morgan fingerprint density at radius 1 is 1.53 bits per heavy atom. The van der Waals surface area contributed by atoms with E-state index in [0.717, 1.165) is 12.8 Å². The van der Waals surface area contributed by atoms with Crippen LogP contribution in [0, 0.1) is 12.3 Å². The van der Waals surface area contributed by atoms with Gasteiger partial charge in [-0.1, -0.05) is 5.92 Å². The van der Waals surface area contributed by atoms with Crippen molar-refractivity contribution < 1.29 is 4.79 Å². The molecule has 2 fully saturated rings. The molecule has 4 heteroatoms. The summed E-state index contributed by atoms with van der Waals surface area (Å²) in [6.07, 6.45) is 9.52. The molecule has 94 valence electrons. The number of carbonyl (C=O) groups is 1. The molecule has 0 aromatic rings. The normalized spacial score (nSPS) is 34.1. The van der Waals surface area contributed by atoms with E-state index in [-0.39, 0.29) is 11.9 Å². The van der Waals surface area contributed by atoms with Crippen LogP contribution in [0.2, 0.25) is 0 Å². The zero-order valence-corrected chi connectivity index (χ0v) is 10.4. The summed E-state index contributed by atoms with van der Waals surface area (Å²) in [7, 11) is 0. The van der Waals surface area contributed by atoms with Gasteiger partial charge in [0.2, 0.25) is 5.91 Å². The predicted molar refractivity (Wildman–Crippen MR) is 67.2 cm³/mol. The lowest BCUT2D eigenvalue weighted by Gasteiger charge is -2.40. The van der Waals surface area contributed by atoms with Gasteiger partial charge in [0.1, 0.15) is 0 Å². The van der Waals surface area contributed by atoms with Crippen molar-refractivity contribution in [2.75, 3.05) is 6.54 Å². The summed E-state index contributed by atoms with van der Waals surface area (Å²) >= 11 is 0. The molecular formula is C13H21N3O. The van der Waals surface area contributed by atoms with Crippen LogP contribution in [0.1, 0.15) is 32.6 Å². The molecule has 3 atom stereocenters. The van der Waals surface area contributed by atoms with Crippen molar-refractivity contribution in [1.82, 2.24) is 10.2 Å². The fourth-order valence-electron chi connectivity index (χ4n) is 3.31. The number of nitrogens with one attached hydrogen (secondary N) is 1. The molecule has 0 spiro atoms. The Hall–Kier alpha value is -1.05. The van der Waals surface area contributed by atoms with Crippen LogP contribution >= 0.6 is 0 Å². The zero-order chi connectivity index (χ0) is 12.4. The number of fused-ring (bicyclic) bond motifs is 2. The van der Waals surface area contributed by atoms with E-state index in [1.807, 2.05) is 6.92 Å². The number of hydrogen-bond acceptors (Lipinski definition) is 3. The van der Waals surface area contributed by atoms with Gasteiger partial charge in [0.15, 0.2) is 0 Å². The van der Waals surface area contributed by atoms with Crippen LogP contribution in [0.15, 0.2) is 0 Å². The molecule has 0 aromatic carbocycles. The summed E-state index contributed by atoms with van der Waals surface area (Å²) in [6.45, 7) is 2.28. The van der Waals surface area contributed by atoms with E-state index in [1.54, 1.807) is 0 Å². The monoisotopic (exact) mass is 235 g/mol. The molecule has 0 aliphatic carbocycles. The Labute approximate surface area is 103 Å². The van der Waals surface area contributed by atoms with Gasteiger partial charge in [-0.05, 0) is 32.6 Å². The number of amides is 1. The highest BCUT2D eigenvalue weighted by Gasteiger charge is 2.43. The number of carbonyl (C=O) groups excluding carboxylic acids is 1. The lowest BCUT2D eigenvalue weighted by atomic mass is 9.96. The van der Waals surface area contributed by atoms with Gasteiger partial charge in [-0.3, -0.25) is 9.69 Å². The van der Waals surface area contributed by atoms with E-state index in [9.17, 15) is 4.79 Å². The lowest BCUT2D eigenvalue weighted by Crippen LogP contribution is -2.55. The Morgan fingerprint density at radius 2 is 2.12 bits per heavy atom. The van der Waals surface area contributed by atoms with E-state index in [4.69, 9.17) is 12.2 Å². The Morgan fingerprint density at radius 3 is 2.65 bits per heavy atom. The van der Waals surface area contributed by atoms with Crippen LogP contribution in [0.4, 0.5) is 0 Å². The summed E-state index contributed by atoms with van der Waals surface area (Å²) in [4.78, 5) is 14.3. The maximum Gasteiger partial charge on any atom is 0.237 e. The van der Waals surface area contributed by atoms with Crippen LogP contribution in [-0.4, -0.2) is 41.5 Å². The summed E-state index contributed by atoms with van der Waals surface area (Å²) in [6, 6.07) is 1.18. The van der Waals surface area contributed by atoms with Crippen molar-refractivity contribution >= 4 is 5.91 Å². The van der Waals surface area contributed by atoms with Crippen LogP contribution in [0.5, 0.6) is 0 Å². The van der Waals surface area contributed by atoms with Crippen LogP contribution in [-0.2, 0) is 4.79 Å². The van der Waals surface area contributed by atoms with Gasteiger partial charge in [-0.2, -0.15) is 0 Å². The summed E-state index contributed by atoms with van der Waals surface area (Å²) < 4.78 is 0. The summed E-state index contributed by atoms with van der Waals surface area (Å²) in [5.74, 6) is 2.47. The van der Waals surface area contributed by atoms with E-state index in [0.29, 0.717) is 24.7 Å². The van der Waals surface area contributed by atoms with Crippen LogP contribution < -0.4 is 11.1 Å². The highest BCUT2D eigenvalue weighted by Crippen LogP contribution is 2.36. The van der Waals surface area contributed by atoms with Gasteiger partial charge in [-0.15, -0.1) is 6.42 Å². The maximum atomic E-state index is 11.9. The molecule has 4 nitrogen and oxygen atoms in total. The second kappa shape index (κ2) is 5.07. The smallest absolute Gasteiger partial charge is 0.237 e. The molecule has 3 N–H and O–H groups in total. The number of nitrogens with two attached hydrogens (primary N) is 1. The van der Waals surface area contributed by atoms with E-state index in [1.165, 1.54) is 12.8 Å². The molecule has 2 heterocycles. The Balaban J connectivity index is 1.98. The maximum absolute atomic E-state index is 11.9. The molecule has 0 radical (unpaired) electrons. The first-order chi connectivity index (χ1) is 8.13. The molecule has 2 rings (SSSR count). The largest absolute Gasteiger partial charge is 0.344 e. The highest BCUT2D eigenvalue weighted by molar-refractivity contribution is 5.81. The fraction of sp³-hybridized carbons (Fsp3) is 0.769. The van der Waals surface area contributed by atoms with Crippen molar-refractivity contribution in [3.8, 4) is 12.3 Å². The second-order valence-corrected chi connectivity index (χ2v) is 5.16. The zero-order valence-electron chi connectivity index (χ0n) is 10.4. The first kappa shape index (κ1) is 12.4. The highest BCUT2D eigenvalue weighted by atomic mass is 16.2. The van der Waals surface area contributed by atoms with Crippen molar-refractivity contribution in [2.24, 2.45) is 5.73 Å². The lowest BCUT2D eigenvalue weighted by molar-refractivity contribution is -0.127. The fourth-order valence-corrected chi connectivity index (χ4v) is 3.31. The summed E-state index contributed by atoms with van der Waals surface area (Å²) in [5.41, 5.74) is 6.02. The molecule has 1 amide bonds. The van der Waals surface area contributed by atoms with Gasteiger partial charge in [0, 0.05) is 18.1 Å². The van der Waals surface area contributed by atoms with Crippen molar-refractivity contribution in [2.45, 2.75) is 56.8 Å². The van der Waals surface area contributed by atoms with Gasteiger partial charge in [-0.25, -0.2) is 0 Å². The molecule has 2 aliphatic rings. The van der Waals surface area contributed by atoms with Crippen molar-refractivity contribution in [3.05, 3.63) is 0 Å². The molecule has 0 aromatic heterocycles. The average molecular weight is 235 g/mol. The Bertz CT molecular complexity index is 322. The van der Waals surface area contributed by atoms with Crippen molar-refractivity contribution in [1.29, 1.82) is 0 Å². The second-order valence-electron chi connectivity index (χ2n) is 5.16. The van der Waals surface area contributed by atoms with E-state index < -0.39 is 0 Å². The summed E-state index contributed by atoms with van der Waals surface area (Å²) in [5, 5.41) is 2.76. The predicted octanol–water partition coefficient (Wildman–Crippen LogP) is 0.0784. The van der Waals surface area contributed by atoms with E-state index >= 15 is 0 Å². The van der Waals surface area contributed by atoms with Gasteiger partial charge in [0.25, 0.3) is 0 Å². The molecule has 0 saturated carbocycles. The molecular weight excluding hydrogens is 214 g/mol. The van der Waals surface area contributed by atoms with Crippen LogP contribution in [0.3, 0.4) is 0 Å². The topological polar surface area (TPSA) is 58.4 Å². The van der Waals surface area contributed by atoms with Gasteiger partial charge >= 0.3 is 0 Å². The minimum atomic E-state index is -0.0895. The number of rotatable bonds is 3. The molecule has 17 heavy (non-hydrogen) atoms. The minimum Gasteiger partial charge on any atom is -0.344 e. The molecule has 3 unspecified atom stereocenters. The standard InChI is InChI=1S/C13H21N3O/c1-3-6-15-13(17)9(2)16-11-4-5-12(16)8-10(14)7-11/h1,9-12H,4-8,14H2,2H3,(H,15,17). The third-order valence-corrected chi connectivity index (χ3v) is 4.02. The quantitative estimate of drug-likeness (QED) is 0.681. The number of nitrogens with zero attached hydrogens (tertiary/aromatic N) is 1. The average Bonchev–Trinajstić information content (AvgIpc) is 2.57. The van der Waals surface area contributed by atoms with Gasteiger partial charge in [0.05, 0.1) is 12.6 Å². The minimum absolute atomic E-state index is 0.0373. The molecule has 2 bridgehead atoms.